The standard InChI is InChI=1S/C24H27BrN2O3/c25-20-8-6-19(7-9-20)24(12-16-30-17-13-24)23(29)27-14-10-18(11-15-27)22(28)26-21-4-2-1-3-5-21/h1-9,18H,10-17H2,(H,26,28). The topological polar surface area (TPSA) is 58.6 Å². The smallest absolute Gasteiger partial charge is 0.233 e. The molecule has 0 atom stereocenters. The third kappa shape index (κ3) is 4.44. The highest BCUT2D eigenvalue weighted by molar-refractivity contribution is 9.10. The number of rotatable bonds is 4. The van der Waals surface area contributed by atoms with E-state index in [1.165, 1.54) is 0 Å². The molecule has 2 saturated heterocycles. The summed E-state index contributed by atoms with van der Waals surface area (Å²) in [5, 5.41) is 2.99. The number of halogens is 1. The van der Waals surface area contributed by atoms with E-state index in [1.54, 1.807) is 0 Å². The van der Waals surface area contributed by atoms with Gasteiger partial charge in [-0.25, -0.2) is 0 Å². The lowest BCUT2D eigenvalue weighted by Gasteiger charge is -2.42. The zero-order valence-corrected chi connectivity index (χ0v) is 18.6. The predicted molar refractivity (Wildman–Crippen MR) is 120 cm³/mol. The fraction of sp³-hybridized carbons (Fsp3) is 0.417. The van der Waals surface area contributed by atoms with Crippen LogP contribution in [0, 0.1) is 5.92 Å². The minimum atomic E-state index is -0.530. The Morgan fingerprint density at radius 2 is 1.60 bits per heavy atom. The van der Waals surface area contributed by atoms with Gasteiger partial charge in [0.1, 0.15) is 0 Å². The summed E-state index contributed by atoms with van der Waals surface area (Å²) in [5.41, 5.74) is 1.35. The van der Waals surface area contributed by atoms with Gasteiger partial charge in [-0.15, -0.1) is 0 Å². The van der Waals surface area contributed by atoms with E-state index in [0.29, 0.717) is 52.0 Å². The monoisotopic (exact) mass is 470 g/mol. The van der Waals surface area contributed by atoms with Crippen molar-refractivity contribution in [1.29, 1.82) is 0 Å². The fourth-order valence-electron chi connectivity index (χ4n) is 4.53. The maximum absolute atomic E-state index is 13.7. The molecule has 2 aromatic rings. The van der Waals surface area contributed by atoms with Crippen molar-refractivity contribution in [2.45, 2.75) is 31.1 Å². The lowest BCUT2D eigenvalue weighted by molar-refractivity contribution is -0.143. The highest BCUT2D eigenvalue weighted by Crippen LogP contribution is 2.38. The third-order valence-electron chi connectivity index (χ3n) is 6.35. The maximum Gasteiger partial charge on any atom is 0.233 e. The van der Waals surface area contributed by atoms with Crippen LogP contribution in [0.2, 0.25) is 0 Å². The molecule has 2 fully saturated rings. The normalized spacial score (nSPS) is 19.3. The van der Waals surface area contributed by atoms with E-state index in [1.807, 2.05) is 59.5 Å². The molecule has 0 bridgehead atoms. The van der Waals surface area contributed by atoms with Crippen molar-refractivity contribution >= 4 is 33.4 Å². The molecule has 0 aliphatic carbocycles. The molecule has 0 radical (unpaired) electrons. The number of carbonyl (C=O) groups is 2. The summed E-state index contributed by atoms with van der Waals surface area (Å²) in [6, 6.07) is 17.6. The van der Waals surface area contributed by atoms with Gasteiger partial charge in [-0.1, -0.05) is 46.3 Å². The quantitative estimate of drug-likeness (QED) is 0.721. The Kier molecular flexibility index (Phi) is 6.54. The Labute approximate surface area is 185 Å². The van der Waals surface area contributed by atoms with E-state index in [4.69, 9.17) is 4.74 Å². The first-order valence-electron chi connectivity index (χ1n) is 10.6. The van der Waals surface area contributed by atoms with Gasteiger partial charge < -0.3 is 15.0 Å². The molecule has 0 unspecified atom stereocenters. The first-order chi connectivity index (χ1) is 14.6. The average molecular weight is 471 g/mol. The van der Waals surface area contributed by atoms with Crippen molar-refractivity contribution in [3.63, 3.8) is 0 Å². The molecular weight excluding hydrogens is 444 g/mol. The number of carbonyl (C=O) groups excluding carboxylic acids is 2. The first-order valence-corrected chi connectivity index (χ1v) is 11.4. The number of benzene rings is 2. The number of likely N-dealkylation sites (tertiary alicyclic amines) is 1. The van der Waals surface area contributed by atoms with Crippen LogP contribution in [0.4, 0.5) is 5.69 Å². The molecule has 6 heteroatoms. The fourth-order valence-corrected chi connectivity index (χ4v) is 4.79. The maximum atomic E-state index is 13.7. The van der Waals surface area contributed by atoms with Crippen molar-refractivity contribution < 1.29 is 14.3 Å². The van der Waals surface area contributed by atoms with E-state index in [2.05, 4.69) is 21.2 Å². The summed E-state index contributed by atoms with van der Waals surface area (Å²) in [4.78, 5) is 28.3. The minimum absolute atomic E-state index is 0.0435. The third-order valence-corrected chi connectivity index (χ3v) is 6.88. The number of piperidine rings is 1. The zero-order chi connectivity index (χ0) is 21.0. The number of nitrogens with one attached hydrogen (secondary N) is 1. The molecule has 0 aromatic heterocycles. The van der Waals surface area contributed by atoms with Crippen LogP contribution in [-0.2, 0) is 19.7 Å². The van der Waals surface area contributed by atoms with E-state index in [9.17, 15) is 9.59 Å². The molecule has 30 heavy (non-hydrogen) atoms. The Hall–Kier alpha value is -2.18. The van der Waals surface area contributed by atoms with E-state index < -0.39 is 5.41 Å². The summed E-state index contributed by atoms with van der Waals surface area (Å²) < 4.78 is 6.59. The molecule has 0 saturated carbocycles. The van der Waals surface area contributed by atoms with Crippen molar-refractivity contribution in [2.24, 2.45) is 5.92 Å². The molecule has 2 aliphatic heterocycles. The van der Waals surface area contributed by atoms with Gasteiger partial charge in [0.25, 0.3) is 0 Å². The van der Waals surface area contributed by atoms with Gasteiger partial charge in [-0.2, -0.15) is 0 Å². The van der Waals surface area contributed by atoms with Gasteiger partial charge in [-0.3, -0.25) is 9.59 Å². The lowest BCUT2D eigenvalue weighted by Crippen LogP contribution is -2.52. The number of hydrogen-bond donors (Lipinski definition) is 1. The number of nitrogens with zero attached hydrogens (tertiary/aromatic N) is 1. The largest absolute Gasteiger partial charge is 0.381 e. The summed E-state index contributed by atoms with van der Waals surface area (Å²) in [7, 11) is 0. The molecular formula is C24H27BrN2O3. The lowest BCUT2D eigenvalue weighted by atomic mass is 9.72. The van der Waals surface area contributed by atoms with E-state index >= 15 is 0 Å². The van der Waals surface area contributed by atoms with Gasteiger partial charge in [-0.05, 0) is 55.5 Å². The molecule has 1 N–H and O–H groups in total. The molecule has 2 aromatic carbocycles. The number of amides is 2. The van der Waals surface area contributed by atoms with Crippen molar-refractivity contribution in [3.8, 4) is 0 Å². The van der Waals surface area contributed by atoms with Crippen LogP contribution in [0.3, 0.4) is 0 Å². The molecule has 5 nitrogen and oxygen atoms in total. The number of para-hydroxylation sites is 1. The summed E-state index contributed by atoms with van der Waals surface area (Å²) in [5.74, 6) is 0.157. The second-order valence-electron chi connectivity index (χ2n) is 8.12. The Bertz CT molecular complexity index is 871. The van der Waals surface area contributed by atoms with Crippen LogP contribution in [0.15, 0.2) is 59.1 Å². The Morgan fingerprint density at radius 3 is 2.23 bits per heavy atom. The molecule has 2 amide bonds. The summed E-state index contributed by atoms with van der Waals surface area (Å²) in [6.45, 7) is 2.42. The molecule has 2 aliphatic rings. The highest BCUT2D eigenvalue weighted by atomic mass is 79.9. The highest BCUT2D eigenvalue weighted by Gasteiger charge is 2.45. The second-order valence-corrected chi connectivity index (χ2v) is 9.04. The average Bonchev–Trinajstić information content (AvgIpc) is 2.80. The second kappa shape index (κ2) is 9.31. The minimum Gasteiger partial charge on any atom is -0.381 e. The van der Waals surface area contributed by atoms with Crippen molar-refractivity contribution in [2.75, 3.05) is 31.6 Å². The van der Waals surface area contributed by atoms with Crippen LogP contribution in [0.25, 0.3) is 0 Å². The van der Waals surface area contributed by atoms with Crippen LogP contribution in [-0.4, -0.2) is 43.0 Å². The van der Waals surface area contributed by atoms with Crippen LogP contribution in [0.1, 0.15) is 31.2 Å². The molecule has 4 rings (SSSR count). The van der Waals surface area contributed by atoms with Gasteiger partial charge in [0.15, 0.2) is 0 Å². The Balaban J connectivity index is 1.43. The zero-order valence-electron chi connectivity index (χ0n) is 17.0. The van der Waals surface area contributed by atoms with E-state index in [0.717, 1.165) is 15.7 Å². The van der Waals surface area contributed by atoms with Crippen LogP contribution < -0.4 is 5.32 Å². The molecule has 2 heterocycles. The molecule has 158 valence electrons. The number of anilines is 1. The van der Waals surface area contributed by atoms with Crippen molar-refractivity contribution in [3.05, 3.63) is 64.6 Å². The van der Waals surface area contributed by atoms with Gasteiger partial charge in [0.05, 0.1) is 5.41 Å². The van der Waals surface area contributed by atoms with Crippen LogP contribution >= 0.6 is 15.9 Å². The number of ether oxygens (including phenoxy) is 1. The SMILES string of the molecule is O=C(Nc1ccccc1)C1CCN(C(=O)C2(c3ccc(Br)cc3)CCOCC2)CC1. The van der Waals surface area contributed by atoms with Gasteiger partial charge >= 0.3 is 0 Å². The van der Waals surface area contributed by atoms with Gasteiger partial charge in [0.2, 0.25) is 11.8 Å². The van der Waals surface area contributed by atoms with Crippen LogP contribution in [0.5, 0.6) is 0 Å². The van der Waals surface area contributed by atoms with E-state index in [-0.39, 0.29) is 17.7 Å². The van der Waals surface area contributed by atoms with Crippen molar-refractivity contribution in [1.82, 2.24) is 4.90 Å². The molecule has 0 spiro atoms. The number of hydrogen-bond acceptors (Lipinski definition) is 3. The first kappa shape index (κ1) is 21.1. The summed E-state index contributed by atoms with van der Waals surface area (Å²) in [6.07, 6.45) is 2.78. The predicted octanol–water partition coefficient (Wildman–Crippen LogP) is 4.37. The van der Waals surface area contributed by atoms with Gasteiger partial charge in [0, 0.05) is 42.4 Å². The summed E-state index contributed by atoms with van der Waals surface area (Å²) >= 11 is 3.49. The Morgan fingerprint density at radius 1 is 0.967 bits per heavy atom.